The summed E-state index contributed by atoms with van der Waals surface area (Å²) in [6.07, 6.45) is 1.88. The first-order valence-corrected chi connectivity index (χ1v) is 6.96. The molecule has 106 valence electrons. The molecule has 0 amide bonds. The molecule has 1 aromatic carbocycles. The predicted molar refractivity (Wildman–Crippen MR) is 71.7 cm³/mol. The number of benzene rings is 1. The van der Waals surface area contributed by atoms with E-state index in [0.717, 1.165) is 25.9 Å². The summed E-state index contributed by atoms with van der Waals surface area (Å²) in [6.45, 7) is 2.86. The van der Waals surface area contributed by atoms with Gasteiger partial charge in [0.15, 0.2) is 6.29 Å². The maximum Gasteiger partial charge on any atom is 0.162 e. The lowest BCUT2D eigenvalue weighted by atomic mass is 9.96. The quantitative estimate of drug-likeness (QED) is 0.831. The van der Waals surface area contributed by atoms with E-state index in [2.05, 4.69) is 4.90 Å². The van der Waals surface area contributed by atoms with Crippen LogP contribution in [0.5, 0.6) is 0 Å². The molecule has 2 aliphatic rings. The summed E-state index contributed by atoms with van der Waals surface area (Å²) < 4.78 is 24.8. The Kier molecular flexibility index (Phi) is 3.86. The van der Waals surface area contributed by atoms with Gasteiger partial charge in [-0.05, 0) is 25.0 Å². The van der Waals surface area contributed by atoms with Gasteiger partial charge in [0, 0.05) is 19.0 Å². The van der Waals surface area contributed by atoms with Crippen molar-refractivity contribution in [1.29, 1.82) is 5.26 Å². The van der Waals surface area contributed by atoms with Crippen molar-refractivity contribution in [3.63, 3.8) is 0 Å². The van der Waals surface area contributed by atoms with E-state index in [4.69, 9.17) is 14.7 Å². The number of hydrogen-bond donors (Lipinski definition) is 0. The lowest BCUT2D eigenvalue weighted by molar-refractivity contribution is -0.0858. The van der Waals surface area contributed by atoms with Gasteiger partial charge in [-0.15, -0.1) is 0 Å². The van der Waals surface area contributed by atoms with Gasteiger partial charge in [0.2, 0.25) is 0 Å². The Morgan fingerprint density at radius 1 is 1.30 bits per heavy atom. The highest BCUT2D eigenvalue weighted by Crippen LogP contribution is 2.30. The standard InChI is InChI=1S/C15H17FN2O2/c16-13-4-1-5-14(12(13)9-17)18-6-2-3-11(10-18)15-19-7-8-20-15/h1,4-5,11,15H,2-3,6-8,10H2/t11-/m1/s1. The zero-order valence-electron chi connectivity index (χ0n) is 11.2. The van der Waals surface area contributed by atoms with Crippen molar-refractivity contribution in [2.75, 3.05) is 31.2 Å². The summed E-state index contributed by atoms with van der Waals surface area (Å²) in [4.78, 5) is 2.07. The van der Waals surface area contributed by atoms with Crippen LogP contribution in [0.15, 0.2) is 18.2 Å². The molecule has 0 N–H and O–H groups in total. The van der Waals surface area contributed by atoms with Gasteiger partial charge in [-0.25, -0.2) is 4.39 Å². The van der Waals surface area contributed by atoms with Crippen molar-refractivity contribution in [3.8, 4) is 6.07 Å². The van der Waals surface area contributed by atoms with Crippen LogP contribution in [0.2, 0.25) is 0 Å². The predicted octanol–water partition coefficient (Wildman–Crippen LogP) is 2.29. The summed E-state index contributed by atoms with van der Waals surface area (Å²) in [5.41, 5.74) is 0.802. The van der Waals surface area contributed by atoms with Gasteiger partial charge in [0.05, 0.1) is 18.9 Å². The minimum Gasteiger partial charge on any atom is -0.370 e. The van der Waals surface area contributed by atoms with Crippen LogP contribution in [-0.4, -0.2) is 32.6 Å². The van der Waals surface area contributed by atoms with Crippen LogP contribution in [0, 0.1) is 23.1 Å². The van der Waals surface area contributed by atoms with E-state index in [0.29, 0.717) is 18.9 Å². The first kappa shape index (κ1) is 13.3. The molecule has 2 saturated heterocycles. The van der Waals surface area contributed by atoms with Crippen LogP contribution in [-0.2, 0) is 9.47 Å². The summed E-state index contributed by atoms with van der Waals surface area (Å²) >= 11 is 0. The van der Waals surface area contributed by atoms with Gasteiger partial charge in [-0.3, -0.25) is 0 Å². The molecule has 0 spiro atoms. The molecule has 3 rings (SSSR count). The molecule has 1 atom stereocenters. The maximum absolute atomic E-state index is 13.7. The molecule has 20 heavy (non-hydrogen) atoms. The molecule has 2 aliphatic heterocycles. The Labute approximate surface area is 117 Å². The highest BCUT2D eigenvalue weighted by molar-refractivity contribution is 5.60. The van der Waals surface area contributed by atoms with E-state index >= 15 is 0 Å². The van der Waals surface area contributed by atoms with Crippen LogP contribution in [0.4, 0.5) is 10.1 Å². The fourth-order valence-electron chi connectivity index (χ4n) is 2.99. The van der Waals surface area contributed by atoms with Crippen molar-refractivity contribution < 1.29 is 13.9 Å². The minimum atomic E-state index is -0.458. The molecule has 0 bridgehead atoms. The Bertz CT molecular complexity index is 523. The fraction of sp³-hybridized carbons (Fsp3) is 0.533. The summed E-state index contributed by atoms with van der Waals surface area (Å²) in [7, 11) is 0. The van der Waals surface area contributed by atoms with Crippen LogP contribution in [0.25, 0.3) is 0 Å². The number of rotatable bonds is 2. The van der Waals surface area contributed by atoms with E-state index in [1.54, 1.807) is 12.1 Å². The highest BCUT2D eigenvalue weighted by Gasteiger charge is 2.32. The SMILES string of the molecule is N#Cc1c(F)cccc1N1CCC[C@@H](C2OCCO2)C1. The van der Waals surface area contributed by atoms with Crippen molar-refractivity contribution >= 4 is 5.69 Å². The van der Waals surface area contributed by atoms with Gasteiger partial charge in [-0.2, -0.15) is 5.26 Å². The average Bonchev–Trinajstić information content (AvgIpc) is 3.01. The van der Waals surface area contributed by atoms with Crippen LogP contribution in [0.3, 0.4) is 0 Å². The molecule has 5 heteroatoms. The highest BCUT2D eigenvalue weighted by atomic mass is 19.1. The molecule has 1 aromatic rings. The zero-order chi connectivity index (χ0) is 13.9. The first-order valence-electron chi connectivity index (χ1n) is 6.96. The molecule has 0 unspecified atom stereocenters. The van der Waals surface area contributed by atoms with E-state index in [1.165, 1.54) is 6.07 Å². The number of nitriles is 1. The van der Waals surface area contributed by atoms with E-state index in [-0.39, 0.29) is 17.8 Å². The van der Waals surface area contributed by atoms with Gasteiger partial charge >= 0.3 is 0 Å². The van der Waals surface area contributed by atoms with E-state index in [1.807, 2.05) is 6.07 Å². The van der Waals surface area contributed by atoms with Crippen molar-refractivity contribution in [1.82, 2.24) is 0 Å². The second-order valence-corrected chi connectivity index (χ2v) is 5.20. The van der Waals surface area contributed by atoms with Crippen molar-refractivity contribution in [2.24, 2.45) is 5.92 Å². The lowest BCUT2D eigenvalue weighted by Gasteiger charge is -2.36. The summed E-state index contributed by atoms with van der Waals surface area (Å²) in [6, 6.07) is 6.75. The number of hydrogen-bond acceptors (Lipinski definition) is 4. The fourth-order valence-corrected chi connectivity index (χ4v) is 2.99. The van der Waals surface area contributed by atoms with Gasteiger partial charge in [-0.1, -0.05) is 6.07 Å². The second kappa shape index (κ2) is 5.78. The van der Waals surface area contributed by atoms with Gasteiger partial charge in [0.25, 0.3) is 0 Å². The number of nitrogens with zero attached hydrogens (tertiary/aromatic N) is 2. The number of anilines is 1. The van der Waals surface area contributed by atoms with E-state index in [9.17, 15) is 4.39 Å². The topological polar surface area (TPSA) is 45.5 Å². The molecule has 2 heterocycles. The molecule has 0 aliphatic carbocycles. The Balaban J connectivity index is 1.80. The Morgan fingerprint density at radius 3 is 2.85 bits per heavy atom. The molecule has 0 saturated carbocycles. The summed E-state index contributed by atoms with van der Waals surface area (Å²) in [5.74, 6) is -0.179. The largest absolute Gasteiger partial charge is 0.370 e. The third-order valence-corrected chi connectivity index (χ3v) is 3.93. The van der Waals surface area contributed by atoms with Crippen LogP contribution < -0.4 is 4.90 Å². The third-order valence-electron chi connectivity index (χ3n) is 3.93. The monoisotopic (exact) mass is 276 g/mol. The minimum absolute atomic E-state index is 0.126. The Hall–Kier alpha value is -1.64. The number of ether oxygens (including phenoxy) is 2. The van der Waals surface area contributed by atoms with Gasteiger partial charge < -0.3 is 14.4 Å². The molecule has 0 aromatic heterocycles. The second-order valence-electron chi connectivity index (χ2n) is 5.20. The van der Waals surface area contributed by atoms with E-state index < -0.39 is 5.82 Å². The number of halogens is 1. The van der Waals surface area contributed by atoms with Crippen LogP contribution >= 0.6 is 0 Å². The molecule has 4 nitrogen and oxygen atoms in total. The molecule has 0 radical (unpaired) electrons. The van der Waals surface area contributed by atoms with Gasteiger partial charge in [0.1, 0.15) is 17.4 Å². The smallest absolute Gasteiger partial charge is 0.162 e. The molecule has 2 fully saturated rings. The van der Waals surface area contributed by atoms with Crippen molar-refractivity contribution in [3.05, 3.63) is 29.6 Å². The third kappa shape index (κ3) is 2.49. The first-order chi connectivity index (χ1) is 9.79. The lowest BCUT2D eigenvalue weighted by Crippen LogP contribution is -2.41. The molecular formula is C15H17FN2O2. The maximum atomic E-state index is 13.7. The average molecular weight is 276 g/mol. The number of piperidine rings is 1. The van der Waals surface area contributed by atoms with Crippen molar-refractivity contribution in [2.45, 2.75) is 19.1 Å². The molecular weight excluding hydrogens is 259 g/mol. The zero-order valence-corrected chi connectivity index (χ0v) is 11.2. The Morgan fingerprint density at radius 2 is 2.10 bits per heavy atom. The van der Waals surface area contributed by atoms with Crippen LogP contribution in [0.1, 0.15) is 18.4 Å². The summed E-state index contributed by atoms with van der Waals surface area (Å²) in [5, 5.41) is 9.14. The normalized spacial score (nSPS) is 23.8.